The van der Waals surface area contributed by atoms with Gasteiger partial charge < -0.3 is 15.4 Å². The van der Waals surface area contributed by atoms with Crippen molar-refractivity contribution >= 4 is 23.5 Å². The lowest BCUT2D eigenvalue weighted by atomic mass is 9.95. The maximum absolute atomic E-state index is 12.4. The summed E-state index contributed by atoms with van der Waals surface area (Å²) in [5.74, 6) is -1.14. The van der Waals surface area contributed by atoms with E-state index in [4.69, 9.17) is 0 Å². The molecule has 1 aromatic carbocycles. The summed E-state index contributed by atoms with van der Waals surface area (Å²) in [6.45, 7) is 7.13. The van der Waals surface area contributed by atoms with Crippen molar-refractivity contribution in [1.82, 2.24) is 5.32 Å². The fraction of sp³-hybridized carbons (Fsp3) is 0.471. The van der Waals surface area contributed by atoms with Gasteiger partial charge in [0, 0.05) is 5.41 Å². The van der Waals surface area contributed by atoms with E-state index in [-0.39, 0.29) is 5.91 Å². The van der Waals surface area contributed by atoms with Crippen molar-refractivity contribution in [3.05, 3.63) is 29.8 Å². The molecule has 0 aliphatic heterocycles. The number of amides is 2. The van der Waals surface area contributed by atoms with Crippen LogP contribution in [0, 0.1) is 5.41 Å². The molecule has 0 saturated heterocycles. The third-order valence-electron chi connectivity index (χ3n) is 3.30. The highest BCUT2D eigenvalue weighted by Crippen LogP contribution is 2.20. The molecule has 126 valence electrons. The zero-order valence-electron chi connectivity index (χ0n) is 14.2. The summed E-state index contributed by atoms with van der Waals surface area (Å²) >= 11 is 0. The predicted octanol–water partition coefficient (Wildman–Crippen LogP) is 2.35. The summed E-state index contributed by atoms with van der Waals surface area (Å²) in [6.07, 6.45) is 0.412. The van der Waals surface area contributed by atoms with Crippen molar-refractivity contribution in [2.24, 2.45) is 5.41 Å². The number of hydrogen-bond donors (Lipinski definition) is 2. The molecule has 0 heterocycles. The lowest BCUT2D eigenvalue weighted by Crippen LogP contribution is -2.41. The van der Waals surface area contributed by atoms with Gasteiger partial charge in [-0.3, -0.25) is 9.59 Å². The number of rotatable bonds is 5. The van der Waals surface area contributed by atoms with Crippen LogP contribution in [-0.4, -0.2) is 30.9 Å². The Hall–Kier alpha value is -2.37. The van der Waals surface area contributed by atoms with Crippen LogP contribution in [0.2, 0.25) is 0 Å². The molecule has 0 aromatic heterocycles. The third-order valence-corrected chi connectivity index (χ3v) is 3.30. The van der Waals surface area contributed by atoms with Crippen LogP contribution < -0.4 is 10.6 Å². The van der Waals surface area contributed by atoms with Crippen LogP contribution in [0.1, 0.15) is 44.5 Å². The maximum Gasteiger partial charge on any atom is 0.328 e. The molecule has 0 saturated carbocycles. The van der Waals surface area contributed by atoms with Gasteiger partial charge in [0.1, 0.15) is 6.04 Å². The van der Waals surface area contributed by atoms with Crippen LogP contribution in [0.3, 0.4) is 0 Å². The van der Waals surface area contributed by atoms with Crippen molar-refractivity contribution in [2.75, 3.05) is 12.4 Å². The summed E-state index contributed by atoms with van der Waals surface area (Å²) in [4.78, 5) is 36.1. The van der Waals surface area contributed by atoms with Crippen molar-refractivity contribution in [1.29, 1.82) is 0 Å². The molecule has 0 fully saturated rings. The highest BCUT2D eigenvalue weighted by atomic mass is 16.5. The van der Waals surface area contributed by atoms with Crippen LogP contribution in [0.15, 0.2) is 24.3 Å². The Morgan fingerprint density at radius 3 is 2.30 bits per heavy atom. The number of nitrogens with one attached hydrogen (secondary N) is 2. The second-order valence-corrected chi connectivity index (χ2v) is 6.21. The molecule has 0 spiro atoms. The minimum atomic E-state index is -0.723. The minimum absolute atomic E-state index is 0.197. The molecule has 1 rings (SSSR count). The first kappa shape index (κ1) is 18.7. The van der Waals surface area contributed by atoms with Crippen LogP contribution >= 0.6 is 0 Å². The number of anilines is 1. The zero-order valence-corrected chi connectivity index (χ0v) is 14.2. The molecule has 2 amide bonds. The molecule has 0 aliphatic rings. The maximum atomic E-state index is 12.4. The van der Waals surface area contributed by atoms with Gasteiger partial charge in [0.05, 0.1) is 18.4 Å². The Morgan fingerprint density at radius 2 is 1.78 bits per heavy atom. The molecule has 23 heavy (non-hydrogen) atoms. The van der Waals surface area contributed by atoms with Crippen LogP contribution in [0.5, 0.6) is 0 Å². The van der Waals surface area contributed by atoms with Crippen LogP contribution in [-0.2, 0) is 14.3 Å². The number of hydrogen-bond acceptors (Lipinski definition) is 4. The molecule has 1 aromatic rings. The monoisotopic (exact) mass is 320 g/mol. The lowest BCUT2D eigenvalue weighted by molar-refractivity contribution is -0.142. The molecular weight excluding hydrogens is 296 g/mol. The molecule has 1 atom stereocenters. The molecular formula is C17H24N2O4. The fourth-order valence-corrected chi connectivity index (χ4v) is 1.81. The quantitative estimate of drug-likeness (QED) is 0.816. The molecule has 0 unspecified atom stereocenters. The van der Waals surface area contributed by atoms with Crippen molar-refractivity contribution in [3.8, 4) is 0 Å². The molecule has 6 heteroatoms. The number of methoxy groups -OCH3 is 1. The third kappa shape index (κ3) is 5.09. The number of carbonyl (C=O) groups is 3. The SMILES string of the molecule is CC[C@@H](NC(=O)c1ccccc1NC(=O)C(C)(C)C)C(=O)OC. The Kier molecular flexibility index (Phi) is 6.30. The second kappa shape index (κ2) is 7.76. The molecule has 2 N–H and O–H groups in total. The average Bonchev–Trinajstić information content (AvgIpc) is 2.51. The van der Waals surface area contributed by atoms with E-state index in [1.807, 2.05) is 0 Å². The van der Waals surface area contributed by atoms with Gasteiger partial charge in [-0.15, -0.1) is 0 Å². The Balaban J connectivity index is 2.98. The number of ether oxygens (including phenoxy) is 1. The van der Waals surface area contributed by atoms with Gasteiger partial charge in [-0.05, 0) is 18.6 Å². The smallest absolute Gasteiger partial charge is 0.328 e. The van der Waals surface area contributed by atoms with E-state index < -0.39 is 23.3 Å². The number of esters is 1. The first-order valence-corrected chi connectivity index (χ1v) is 7.49. The van der Waals surface area contributed by atoms with Crippen molar-refractivity contribution in [2.45, 2.75) is 40.2 Å². The van der Waals surface area contributed by atoms with E-state index in [2.05, 4.69) is 15.4 Å². The van der Waals surface area contributed by atoms with Gasteiger partial charge in [0.15, 0.2) is 0 Å². The molecule has 6 nitrogen and oxygen atoms in total. The van der Waals surface area contributed by atoms with E-state index in [0.717, 1.165) is 0 Å². The van der Waals surface area contributed by atoms with Crippen LogP contribution in [0.25, 0.3) is 0 Å². The van der Waals surface area contributed by atoms with Gasteiger partial charge >= 0.3 is 5.97 Å². The summed E-state index contributed by atoms with van der Waals surface area (Å²) in [5.41, 5.74) is 0.124. The lowest BCUT2D eigenvalue weighted by Gasteiger charge is -2.20. The largest absolute Gasteiger partial charge is 0.467 e. The van der Waals surface area contributed by atoms with E-state index in [1.165, 1.54) is 7.11 Å². The molecule has 0 bridgehead atoms. The summed E-state index contributed by atoms with van der Waals surface area (Å²) in [5, 5.41) is 5.37. The minimum Gasteiger partial charge on any atom is -0.467 e. The molecule has 0 radical (unpaired) electrons. The van der Waals surface area contributed by atoms with E-state index in [9.17, 15) is 14.4 Å². The predicted molar refractivity (Wildman–Crippen MR) is 88.1 cm³/mol. The van der Waals surface area contributed by atoms with Crippen molar-refractivity contribution < 1.29 is 19.1 Å². The Morgan fingerprint density at radius 1 is 1.17 bits per heavy atom. The first-order valence-electron chi connectivity index (χ1n) is 7.49. The van der Waals surface area contributed by atoms with Gasteiger partial charge in [-0.25, -0.2) is 4.79 Å². The number of para-hydroxylation sites is 1. The van der Waals surface area contributed by atoms with Gasteiger partial charge in [0.2, 0.25) is 5.91 Å². The summed E-state index contributed by atoms with van der Waals surface area (Å²) < 4.78 is 4.66. The standard InChI is InChI=1S/C17H24N2O4/c1-6-12(15(21)23-5)18-14(20)11-9-7-8-10-13(11)19-16(22)17(2,3)4/h7-10,12H,6H2,1-5H3,(H,18,20)(H,19,22)/t12-/m1/s1. The highest BCUT2D eigenvalue weighted by molar-refractivity contribution is 6.05. The van der Waals surface area contributed by atoms with Crippen molar-refractivity contribution in [3.63, 3.8) is 0 Å². The summed E-state index contributed by atoms with van der Waals surface area (Å²) in [7, 11) is 1.27. The fourth-order valence-electron chi connectivity index (χ4n) is 1.81. The second-order valence-electron chi connectivity index (χ2n) is 6.21. The van der Waals surface area contributed by atoms with Gasteiger partial charge in [-0.1, -0.05) is 39.8 Å². The van der Waals surface area contributed by atoms with Gasteiger partial charge in [-0.2, -0.15) is 0 Å². The zero-order chi connectivity index (χ0) is 17.6. The van der Waals surface area contributed by atoms with E-state index in [0.29, 0.717) is 17.7 Å². The summed E-state index contributed by atoms with van der Waals surface area (Å²) in [6, 6.07) is 5.95. The Labute approximate surface area is 136 Å². The van der Waals surface area contributed by atoms with E-state index >= 15 is 0 Å². The number of carbonyl (C=O) groups excluding carboxylic acids is 3. The highest BCUT2D eigenvalue weighted by Gasteiger charge is 2.25. The normalized spacial score (nSPS) is 12.2. The topological polar surface area (TPSA) is 84.5 Å². The molecule has 0 aliphatic carbocycles. The number of benzene rings is 1. The Bertz CT molecular complexity index is 591. The first-order chi connectivity index (χ1) is 10.7. The van der Waals surface area contributed by atoms with E-state index in [1.54, 1.807) is 52.0 Å². The van der Waals surface area contributed by atoms with Crippen LogP contribution in [0.4, 0.5) is 5.69 Å². The van der Waals surface area contributed by atoms with Gasteiger partial charge in [0.25, 0.3) is 5.91 Å². The average molecular weight is 320 g/mol.